The van der Waals surface area contributed by atoms with Gasteiger partial charge in [-0.25, -0.2) is 4.79 Å². The first kappa shape index (κ1) is 15.1. The summed E-state index contributed by atoms with van der Waals surface area (Å²) < 4.78 is 12.8. The number of pyridine rings is 1. The van der Waals surface area contributed by atoms with Crippen LogP contribution in [0.25, 0.3) is 5.52 Å². The summed E-state index contributed by atoms with van der Waals surface area (Å²) in [6, 6.07) is 6.22. The molecule has 0 bridgehead atoms. The van der Waals surface area contributed by atoms with Gasteiger partial charge in [0.05, 0.1) is 17.8 Å². The van der Waals surface area contributed by atoms with Gasteiger partial charge in [-0.15, -0.1) is 0 Å². The lowest BCUT2D eigenvalue weighted by molar-refractivity contribution is -0.0593. The molecular weight excluding hydrogens is 278 g/mol. The van der Waals surface area contributed by atoms with Gasteiger partial charge in [-0.1, -0.05) is 0 Å². The van der Waals surface area contributed by atoms with Crippen LogP contribution >= 0.6 is 0 Å². The first-order chi connectivity index (χ1) is 10.5. The number of hydrogen-bond acceptors (Lipinski definition) is 3. The van der Waals surface area contributed by atoms with E-state index >= 15 is 0 Å². The number of esters is 1. The minimum atomic E-state index is -0.264. The van der Waals surface area contributed by atoms with Crippen molar-refractivity contribution < 1.29 is 14.3 Å². The SMILES string of the molecule is CCOC(=O)c1cc2cc(C3CCOC(C)(C)C3)ccn2c1. The molecule has 0 radical (unpaired) electrons. The molecule has 1 aliphatic heterocycles. The summed E-state index contributed by atoms with van der Waals surface area (Å²) >= 11 is 0. The molecule has 0 aromatic carbocycles. The Morgan fingerprint density at radius 2 is 2.27 bits per heavy atom. The Kier molecular flexibility index (Phi) is 3.96. The van der Waals surface area contributed by atoms with Gasteiger partial charge in [0.25, 0.3) is 0 Å². The maximum absolute atomic E-state index is 11.8. The quantitative estimate of drug-likeness (QED) is 0.810. The number of fused-ring (bicyclic) bond motifs is 1. The van der Waals surface area contributed by atoms with Gasteiger partial charge < -0.3 is 13.9 Å². The van der Waals surface area contributed by atoms with E-state index in [1.807, 2.05) is 29.8 Å². The molecule has 0 N–H and O–H groups in total. The molecule has 1 fully saturated rings. The fourth-order valence-electron chi connectivity index (χ4n) is 3.22. The minimum absolute atomic E-state index is 0.0624. The lowest BCUT2D eigenvalue weighted by Crippen LogP contribution is -2.32. The van der Waals surface area contributed by atoms with Crippen molar-refractivity contribution in [2.24, 2.45) is 0 Å². The highest BCUT2D eigenvalue weighted by Gasteiger charge is 2.29. The molecule has 1 aliphatic rings. The zero-order valence-electron chi connectivity index (χ0n) is 13.5. The molecule has 0 saturated carbocycles. The largest absolute Gasteiger partial charge is 0.462 e. The van der Waals surface area contributed by atoms with Gasteiger partial charge in [-0.2, -0.15) is 0 Å². The second kappa shape index (κ2) is 5.76. The number of hydrogen-bond donors (Lipinski definition) is 0. The van der Waals surface area contributed by atoms with Crippen LogP contribution in [0.4, 0.5) is 0 Å². The summed E-state index contributed by atoms with van der Waals surface area (Å²) in [7, 11) is 0. The van der Waals surface area contributed by atoms with E-state index in [0.717, 1.165) is 25.0 Å². The minimum Gasteiger partial charge on any atom is -0.462 e. The number of nitrogens with zero attached hydrogens (tertiary/aromatic N) is 1. The molecule has 3 heterocycles. The number of carbonyl (C=O) groups is 1. The van der Waals surface area contributed by atoms with E-state index in [4.69, 9.17) is 9.47 Å². The van der Waals surface area contributed by atoms with Gasteiger partial charge in [0, 0.05) is 24.5 Å². The zero-order chi connectivity index (χ0) is 15.7. The molecule has 4 heteroatoms. The van der Waals surface area contributed by atoms with Crippen molar-refractivity contribution in [1.29, 1.82) is 0 Å². The average molecular weight is 301 g/mol. The van der Waals surface area contributed by atoms with E-state index in [0.29, 0.717) is 18.1 Å². The molecule has 0 spiro atoms. The van der Waals surface area contributed by atoms with E-state index in [1.54, 1.807) is 0 Å². The van der Waals surface area contributed by atoms with E-state index < -0.39 is 0 Å². The predicted octanol–water partition coefficient (Wildman–Crippen LogP) is 3.79. The van der Waals surface area contributed by atoms with Gasteiger partial charge in [0.15, 0.2) is 0 Å². The van der Waals surface area contributed by atoms with Crippen LogP contribution in [0.15, 0.2) is 30.6 Å². The number of rotatable bonds is 3. The number of aromatic nitrogens is 1. The van der Waals surface area contributed by atoms with Crippen LogP contribution in [-0.2, 0) is 9.47 Å². The normalized spacial score (nSPS) is 21.0. The monoisotopic (exact) mass is 301 g/mol. The number of ether oxygens (including phenoxy) is 2. The summed E-state index contributed by atoms with van der Waals surface area (Å²) in [5.74, 6) is 0.245. The average Bonchev–Trinajstić information content (AvgIpc) is 2.89. The molecule has 0 aliphatic carbocycles. The standard InChI is InChI=1S/C18H23NO3/c1-4-21-17(20)15-10-16-9-13(5-7-19(16)12-15)14-6-8-22-18(2,3)11-14/h5,7,9-10,12,14H,4,6,8,11H2,1-3H3. The van der Waals surface area contributed by atoms with Crippen LogP contribution in [0.3, 0.4) is 0 Å². The van der Waals surface area contributed by atoms with E-state index in [-0.39, 0.29) is 11.6 Å². The molecule has 3 rings (SSSR count). The Bertz CT molecular complexity index is 687. The lowest BCUT2D eigenvalue weighted by Gasteiger charge is -2.35. The second-order valence-corrected chi connectivity index (χ2v) is 6.54. The molecule has 22 heavy (non-hydrogen) atoms. The molecular formula is C18H23NO3. The van der Waals surface area contributed by atoms with Gasteiger partial charge in [-0.05, 0) is 63.3 Å². The Morgan fingerprint density at radius 3 is 3.00 bits per heavy atom. The van der Waals surface area contributed by atoms with Crippen molar-refractivity contribution in [3.8, 4) is 0 Å². The van der Waals surface area contributed by atoms with E-state index in [2.05, 4.69) is 26.0 Å². The maximum atomic E-state index is 11.8. The summed E-state index contributed by atoms with van der Waals surface area (Å²) in [4.78, 5) is 11.8. The first-order valence-corrected chi connectivity index (χ1v) is 7.91. The predicted molar refractivity (Wildman–Crippen MR) is 85.4 cm³/mol. The fraction of sp³-hybridized carbons (Fsp3) is 0.500. The van der Waals surface area contributed by atoms with Crippen molar-refractivity contribution in [1.82, 2.24) is 4.40 Å². The van der Waals surface area contributed by atoms with Crippen LogP contribution in [0.5, 0.6) is 0 Å². The summed E-state index contributed by atoms with van der Waals surface area (Å²) in [5, 5.41) is 0. The molecule has 1 saturated heterocycles. The van der Waals surface area contributed by atoms with Crippen LogP contribution in [0, 0.1) is 0 Å². The Labute approximate surface area is 131 Å². The third kappa shape index (κ3) is 3.02. The highest BCUT2D eigenvalue weighted by Crippen LogP contribution is 2.36. The molecule has 2 aromatic rings. The fourth-order valence-corrected chi connectivity index (χ4v) is 3.22. The molecule has 118 valence electrons. The summed E-state index contributed by atoms with van der Waals surface area (Å²) in [5.41, 5.74) is 2.89. The Morgan fingerprint density at radius 1 is 1.45 bits per heavy atom. The highest BCUT2D eigenvalue weighted by atomic mass is 16.5. The smallest absolute Gasteiger partial charge is 0.339 e. The topological polar surface area (TPSA) is 39.9 Å². The van der Waals surface area contributed by atoms with Crippen LogP contribution in [0.2, 0.25) is 0 Å². The highest BCUT2D eigenvalue weighted by molar-refractivity contribution is 5.91. The van der Waals surface area contributed by atoms with Gasteiger partial charge in [-0.3, -0.25) is 0 Å². The Hall–Kier alpha value is -1.81. The number of carbonyl (C=O) groups excluding carboxylic acids is 1. The van der Waals surface area contributed by atoms with Crippen molar-refractivity contribution in [2.45, 2.75) is 45.1 Å². The lowest BCUT2D eigenvalue weighted by atomic mass is 9.84. The summed E-state index contributed by atoms with van der Waals surface area (Å²) in [6.45, 7) is 7.31. The van der Waals surface area contributed by atoms with Crippen molar-refractivity contribution >= 4 is 11.5 Å². The van der Waals surface area contributed by atoms with Crippen LogP contribution in [0.1, 0.15) is 55.5 Å². The van der Waals surface area contributed by atoms with Crippen LogP contribution < -0.4 is 0 Å². The molecule has 1 unspecified atom stereocenters. The van der Waals surface area contributed by atoms with Crippen molar-refractivity contribution in [3.05, 3.63) is 41.7 Å². The summed E-state index contributed by atoms with van der Waals surface area (Å²) in [6.07, 6.45) is 5.92. The molecule has 4 nitrogen and oxygen atoms in total. The van der Waals surface area contributed by atoms with Gasteiger partial charge in [0.2, 0.25) is 0 Å². The third-order valence-corrected chi connectivity index (χ3v) is 4.30. The van der Waals surface area contributed by atoms with Crippen LogP contribution in [-0.4, -0.2) is 29.2 Å². The second-order valence-electron chi connectivity index (χ2n) is 6.54. The van der Waals surface area contributed by atoms with Gasteiger partial charge >= 0.3 is 5.97 Å². The maximum Gasteiger partial charge on any atom is 0.339 e. The third-order valence-electron chi connectivity index (χ3n) is 4.30. The van der Waals surface area contributed by atoms with Gasteiger partial charge in [0.1, 0.15) is 0 Å². The van der Waals surface area contributed by atoms with E-state index in [1.165, 1.54) is 5.56 Å². The molecule has 0 amide bonds. The van der Waals surface area contributed by atoms with Crippen molar-refractivity contribution in [2.75, 3.05) is 13.2 Å². The first-order valence-electron chi connectivity index (χ1n) is 7.91. The zero-order valence-corrected chi connectivity index (χ0v) is 13.5. The molecule has 1 atom stereocenters. The Balaban J connectivity index is 1.88. The van der Waals surface area contributed by atoms with E-state index in [9.17, 15) is 4.79 Å². The molecule has 2 aromatic heterocycles. The van der Waals surface area contributed by atoms with Crippen molar-refractivity contribution in [3.63, 3.8) is 0 Å².